The molecule has 1 rings (SSSR count). The Morgan fingerprint density at radius 2 is 2.05 bits per heavy atom. The molecular formula is C16H23ClN2O2S. The molecule has 0 heterocycles. The summed E-state index contributed by atoms with van der Waals surface area (Å²) in [6, 6.07) is 6.29. The van der Waals surface area contributed by atoms with Gasteiger partial charge in [-0.05, 0) is 37.0 Å². The molecule has 6 heteroatoms. The van der Waals surface area contributed by atoms with Gasteiger partial charge in [-0.25, -0.2) is 0 Å². The SMILES string of the molecule is CCCCNC(=O)[C@@H](CCSC)NC(=O)c1ccccc1Cl. The number of benzene rings is 1. The summed E-state index contributed by atoms with van der Waals surface area (Å²) >= 11 is 7.67. The molecule has 2 amide bonds. The Morgan fingerprint density at radius 3 is 2.68 bits per heavy atom. The fraction of sp³-hybridized carbons (Fsp3) is 0.500. The van der Waals surface area contributed by atoms with E-state index in [1.54, 1.807) is 36.0 Å². The van der Waals surface area contributed by atoms with Gasteiger partial charge < -0.3 is 10.6 Å². The van der Waals surface area contributed by atoms with E-state index in [0.29, 0.717) is 23.6 Å². The van der Waals surface area contributed by atoms with Crippen molar-refractivity contribution < 1.29 is 9.59 Å². The zero-order valence-electron chi connectivity index (χ0n) is 13.0. The second-order valence-corrected chi connectivity index (χ2v) is 6.32. The molecule has 122 valence electrons. The van der Waals surface area contributed by atoms with Gasteiger partial charge in [0.05, 0.1) is 10.6 Å². The quantitative estimate of drug-likeness (QED) is 0.678. The maximum Gasteiger partial charge on any atom is 0.253 e. The van der Waals surface area contributed by atoms with Gasteiger partial charge in [-0.3, -0.25) is 9.59 Å². The smallest absolute Gasteiger partial charge is 0.253 e. The van der Waals surface area contributed by atoms with Crippen LogP contribution in [0.3, 0.4) is 0 Å². The molecule has 0 spiro atoms. The first-order valence-corrected chi connectivity index (χ1v) is 9.19. The predicted octanol–water partition coefficient (Wildman–Crippen LogP) is 3.11. The van der Waals surface area contributed by atoms with Crippen LogP contribution < -0.4 is 10.6 Å². The van der Waals surface area contributed by atoms with E-state index in [2.05, 4.69) is 17.6 Å². The van der Waals surface area contributed by atoms with Crippen LogP contribution in [0.2, 0.25) is 5.02 Å². The summed E-state index contributed by atoms with van der Waals surface area (Å²) in [4.78, 5) is 24.5. The zero-order valence-corrected chi connectivity index (χ0v) is 14.6. The molecule has 0 aliphatic rings. The first kappa shape index (κ1) is 18.8. The average molecular weight is 343 g/mol. The van der Waals surface area contributed by atoms with Gasteiger partial charge >= 0.3 is 0 Å². The monoisotopic (exact) mass is 342 g/mol. The molecule has 0 aliphatic carbocycles. The molecule has 1 atom stereocenters. The molecule has 0 fully saturated rings. The van der Waals surface area contributed by atoms with Crippen molar-refractivity contribution in [1.82, 2.24) is 10.6 Å². The van der Waals surface area contributed by atoms with Crippen LogP contribution in [0.1, 0.15) is 36.5 Å². The second-order valence-electron chi connectivity index (χ2n) is 4.93. The first-order chi connectivity index (χ1) is 10.6. The van der Waals surface area contributed by atoms with Crippen LogP contribution in [0.5, 0.6) is 0 Å². The highest BCUT2D eigenvalue weighted by Crippen LogP contribution is 2.15. The summed E-state index contributed by atoms with van der Waals surface area (Å²) in [5, 5.41) is 6.04. The lowest BCUT2D eigenvalue weighted by Crippen LogP contribution is -2.47. The third kappa shape index (κ3) is 6.28. The largest absolute Gasteiger partial charge is 0.354 e. The zero-order chi connectivity index (χ0) is 16.4. The second kappa shape index (κ2) is 10.5. The minimum Gasteiger partial charge on any atom is -0.354 e. The van der Waals surface area contributed by atoms with Crippen molar-refractivity contribution >= 4 is 35.2 Å². The summed E-state index contributed by atoms with van der Waals surface area (Å²) in [7, 11) is 0. The van der Waals surface area contributed by atoms with Gasteiger partial charge in [0.15, 0.2) is 0 Å². The number of thioether (sulfide) groups is 1. The van der Waals surface area contributed by atoms with E-state index in [1.165, 1.54) is 0 Å². The van der Waals surface area contributed by atoms with Crippen molar-refractivity contribution in [3.8, 4) is 0 Å². The molecular weight excluding hydrogens is 320 g/mol. The number of nitrogens with one attached hydrogen (secondary N) is 2. The summed E-state index contributed by atoms with van der Waals surface area (Å²) in [6.45, 7) is 2.70. The highest BCUT2D eigenvalue weighted by atomic mass is 35.5. The lowest BCUT2D eigenvalue weighted by molar-refractivity contribution is -0.123. The molecule has 0 saturated carbocycles. The van der Waals surface area contributed by atoms with Crippen LogP contribution in [0.4, 0.5) is 0 Å². The van der Waals surface area contributed by atoms with Gasteiger partial charge in [0, 0.05) is 6.54 Å². The van der Waals surface area contributed by atoms with E-state index in [9.17, 15) is 9.59 Å². The average Bonchev–Trinajstić information content (AvgIpc) is 2.51. The highest BCUT2D eigenvalue weighted by Gasteiger charge is 2.21. The van der Waals surface area contributed by atoms with Crippen molar-refractivity contribution in [2.45, 2.75) is 32.2 Å². The van der Waals surface area contributed by atoms with Crippen molar-refractivity contribution in [1.29, 1.82) is 0 Å². The highest BCUT2D eigenvalue weighted by molar-refractivity contribution is 7.98. The summed E-state index contributed by atoms with van der Waals surface area (Å²) in [6.07, 6.45) is 4.51. The minimum absolute atomic E-state index is 0.136. The maximum absolute atomic E-state index is 12.3. The van der Waals surface area contributed by atoms with Crippen LogP contribution in [-0.4, -0.2) is 36.4 Å². The number of rotatable bonds is 9. The Hall–Kier alpha value is -1.20. The maximum atomic E-state index is 12.3. The fourth-order valence-electron chi connectivity index (χ4n) is 1.90. The number of hydrogen-bond acceptors (Lipinski definition) is 3. The van der Waals surface area contributed by atoms with Crippen molar-refractivity contribution in [2.75, 3.05) is 18.6 Å². The fourth-order valence-corrected chi connectivity index (χ4v) is 2.59. The molecule has 0 bridgehead atoms. The molecule has 22 heavy (non-hydrogen) atoms. The molecule has 1 aromatic rings. The van der Waals surface area contributed by atoms with Gasteiger partial charge in [-0.15, -0.1) is 0 Å². The molecule has 0 unspecified atom stereocenters. The van der Waals surface area contributed by atoms with Gasteiger partial charge in [-0.2, -0.15) is 11.8 Å². The third-order valence-electron chi connectivity index (χ3n) is 3.18. The third-order valence-corrected chi connectivity index (χ3v) is 4.15. The van der Waals surface area contributed by atoms with E-state index < -0.39 is 6.04 Å². The van der Waals surface area contributed by atoms with Crippen LogP contribution >= 0.6 is 23.4 Å². The lowest BCUT2D eigenvalue weighted by atomic mass is 10.1. The van der Waals surface area contributed by atoms with Gasteiger partial charge in [0.1, 0.15) is 6.04 Å². The topological polar surface area (TPSA) is 58.2 Å². The number of hydrogen-bond donors (Lipinski definition) is 2. The number of halogens is 1. The van der Waals surface area contributed by atoms with E-state index in [1.807, 2.05) is 6.26 Å². The minimum atomic E-state index is -0.534. The first-order valence-electron chi connectivity index (χ1n) is 7.42. The van der Waals surface area contributed by atoms with Gasteiger partial charge in [-0.1, -0.05) is 37.1 Å². The van der Waals surface area contributed by atoms with Crippen molar-refractivity contribution in [2.24, 2.45) is 0 Å². The van der Waals surface area contributed by atoms with Crippen LogP contribution in [0, 0.1) is 0 Å². The Morgan fingerprint density at radius 1 is 1.32 bits per heavy atom. The molecule has 0 aliphatic heterocycles. The molecule has 4 nitrogen and oxygen atoms in total. The Balaban J connectivity index is 2.69. The van der Waals surface area contributed by atoms with Crippen molar-refractivity contribution in [3.63, 3.8) is 0 Å². The van der Waals surface area contributed by atoms with E-state index in [-0.39, 0.29) is 11.8 Å². The number of amides is 2. The lowest BCUT2D eigenvalue weighted by Gasteiger charge is -2.18. The van der Waals surface area contributed by atoms with E-state index in [0.717, 1.165) is 18.6 Å². The van der Waals surface area contributed by atoms with Crippen LogP contribution in [-0.2, 0) is 4.79 Å². The van der Waals surface area contributed by atoms with Gasteiger partial charge in [0.2, 0.25) is 5.91 Å². The summed E-state index contributed by atoms with van der Waals surface area (Å²) in [5.74, 6) is 0.347. The standard InChI is InChI=1S/C16H23ClN2O2S/c1-3-4-10-18-16(21)14(9-11-22-2)19-15(20)12-7-5-6-8-13(12)17/h5-8,14H,3-4,9-11H2,1-2H3,(H,18,21)(H,19,20)/t14-/m1/s1. The summed E-state index contributed by atoms with van der Waals surface area (Å²) in [5.41, 5.74) is 0.389. The molecule has 2 N–H and O–H groups in total. The molecule has 0 aromatic heterocycles. The Bertz CT molecular complexity index is 497. The number of carbonyl (C=O) groups excluding carboxylic acids is 2. The predicted molar refractivity (Wildman–Crippen MR) is 93.6 cm³/mol. The van der Waals surface area contributed by atoms with Crippen molar-refractivity contribution in [3.05, 3.63) is 34.9 Å². The normalized spacial score (nSPS) is 11.8. The van der Waals surface area contributed by atoms with Gasteiger partial charge in [0.25, 0.3) is 5.91 Å². The Labute approximate surface area is 141 Å². The van der Waals surface area contributed by atoms with E-state index >= 15 is 0 Å². The number of unbranched alkanes of at least 4 members (excludes halogenated alkanes) is 1. The van der Waals surface area contributed by atoms with Crippen LogP contribution in [0.25, 0.3) is 0 Å². The number of carbonyl (C=O) groups is 2. The molecule has 0 radical (unpaired) electrons. The molecule has 0 saturated heterocycles. The summed E-state index contributed by atoms with van der Waals surface area (Å²) < 4.78 is 0. The van der Waals surface area contributed by atoms with E-state index in [4.69, 9.17) is 11.6 Å². The van der Waals surface area contributed by atoms with Crippen LogP contribution in [0.15, 0.2) is 24.3 Å². The molecule has 1 aromatic carbocycles. The Kier molecular flexibility index (Phi) is 9.01.